The minimum absolute atomic E-state index is 0.850. The van der Waals surface area contributed by atoms with E-state index in [9.17, 15) is 0 Å². The lowest BCUT2D eigenvalue weighted by atomic mass is 10.2. The first-order chi connectivity index (χ1) is 8.86. The second kappa shape index (κ2) is 4.74. The SMILES string of the molecule is COc1ccc(C2=Nc3ccccc3SN2)cc1. The summed E-state index contributed by atoms with van der Waals surface area (Å²) < 4.78 is 8.40. The highest BCUT2D eigenvalue weighted by Crippen LogP contribution is 2.31. The van der Waals surface area contributed by atoms with Crippen molar-refractivity contribution in [3.63, 3.8) is 0 Å². The molecule has 0 saturated carbocycles. The van der Waals surface area contributed by atoms with Crippen LogP contribution >= 0.6 is 11.9 Å². The first kappa shape index (κ1) is 11.2. The molecule has 90 valence electrons. The van der Waals surface area contributed by atoms with E-state index < -0.39 is 0 Å². The van der Waals surface area contributed by atoms with Gasteiger partial charge in [-0.3, -0.25) is 0 Å². The van der Waals surface area contributed by atoms with Crippen molar-refractivity contribution in [1.29, 1.82) is 0 Å². The summed E-state index contributed by atoms with van der Waals surface area (Å²) in [5.74, 6) is 1.73. The van der Waals surface area contributed by atoms with Gasteiger partial charge in [-0.1, -0.05) is 12.1 Å². The van der Waals surface area contributed by atoms with Crippen LogP contribution in [0.4, 0.5) is 5.69 Å². The van der Waals surface area contributed by atoms with Gasteiger partial charge in [-0.25, -0.2) is 4.99 Å². The van der Waals surface area contributed by atoms with Gasteiger partial charge in [0, 0.05) is 5.56 Å². The Balaban J connectivity index is 1.96. The second-order valence-electron chi connectivity index (χ2n) is 3.86. The number of para-hydroxylation sites is 1. The molecule has 0 fully saturated rings. The highest BCUT2D eigenvalue weighted by molar-refractivity contribution is 7.98. The van der Waals surface area contributed by atoms with Gasteiger partial charge in [-0.15, -0.1) is 0 Å². The molecular formula is C14H12N2OS. The van der Waals surface area contributed by atoms with Crippen LogP contribution in [0, 0.1) is 0 Å². The summed E-state index contributed by atoms with van der Waals surface area (Å²) >= 11 is 1.59. The molecule has 0 unspecified atom stereocenters. The van der Waals surface area contributed by atoms with E-state index in [0.29, 0.717) is 0 Å². The van der Waals surface area contributed by atoms with Crippen LogP contribution < -0.4 is 9.46 Å². The molecule has 18 heavy (non-hydrogen) atoms. The van der Waals surface area contributed by atoms with Crippen molar-refractivity contribution in [3.8, 4) is 5.75 Å². The van der Waals surface area contributed by atoms with Crippen LogP contribution in [0.5, 0.6) is 5.75 Å². The summed E-state index contributed by atoms with van der Waals surface area (Å²) in [5, 5.41) is 0. The monoisotopic (exact) mass is 256 g/mol. The molecule has 0 aliphatic carbocycles. The lowest BCUT2D eigenvalue weighted by Gasteiger charge is -2.16. The number of rotatable bonds is 2. The Morgan fingerprint density at radius 1 is 1.06 bits per heavy atom. The fourth-order valence-corrected chi connectivity index (χ4v) is 2.49. The average molecular weight is 256 g/mol. The van der Waals surface area contributed by atoms with E-state index in [0.717, 1.165) is 27.7 Å². The van der Waals surface area contributed by atoms with Gasteiger partial charge in [0.1, 0.15) is 11.6 Å². The van der Waals surface area contributed by atoms with Crippen LogP contribution in [0.25, 0.3) is 0 Å². The van der Waals surface area contributed by atoms with E-state index in [4.69, 9.17) is 4.74 Å². The molecule has 2 aromatic carbocycles. The van der Waals surface area contributed by atoms with Gasteiger partial charge in [0.25, 0.3) is 0 Å². The number of nitrogens with zero attached hydrogens (tertiary/aromatic N) is 1. The third-order valence-corrected chi connectivity index (χ3v) is 3.58. The zero-order valence-corrected chi connectivity index (χ0v) is 10.7. The first-order valence-corrected chi connectivity index (χ1v) is 6.43. The molecule has 3 rings (SSSR count). The quantitative estimate of drug-likeness (QED) is 0.836. The van der Waals surface area contributed by atoms with Gasteiger partial charge in [0.15, 0.2) is 0 Å². The number of fused-ring (bicyclic) bond motifs is 1. The number of aliphatic imine (C=N–C) groups is 1. The number of benzene rings is 2. The fraction of sp³-hybridized carbons (Fsp3) is 0.0714. The zero-order chi connectivity index (χ0) is 12.4. The predicted molar refractivity (Wildman–Crippen MR) is 74.6 cm³/mol. The number of nitrogens with one attached hydrogen (secondary N) is 1. The van der Waals surface area contributed by atoms with Crippen molar-refractivity contribution in [2.24, 2.45) is 4.99 Å². The maximum atomic E-state index is 5.15. The van der Waals surface area contributed by atoms with Crippen molar-refractivity contribution in [1.82, 2.24) is 4.72 Å². The molecule has 0 amide bonds. The zero-order valence-electron chi connectivity index (χ0n) is 9.88. The van der Waals surface area contributed by atoms with Crippen molar-refractivity contribution in [2.75, 3.05) is 7.11 Å². The number of amidine groups is 1. The molecule has 0 spiro atoms. The third-order valence-electron chi connectivity index (χ3n) is 2.72. The molecule has 0 bridgehead atoms. The van der Waals surface area contributed by atoms with Gasteiger partial charge >= 0.3 is 0 Å². The van der Waals surface area contributed by atoms with Crippen molar-refractivity contribution < 1.29 is 4.74 Å². The lowest BCUT2D eigenvalue weighted by Crippen LogP contribution is -2.19. The Morgan fingerprint density at radius 2 is 1.83 bits per heavy atom. The molecule has 3 nitrogen and oxygen atoms in total. The number of hydrogen-bond donors (Lipinski definition) is 1. The molecule has 0 radical (unpaired) electrons. The Labute approximate surface area is 110 Å². The Kier molecular flexibility index (Phi) is 2.94. The molecule has 0 saturated heterocycles. The molecule has 2 aromatic rings. The van der Waals surface area contributed by atoms with Gasteiger partial charge in [-0.2, -0.15) is 0 Å². The Morgan fingerprint density at radius 3 is 2.61 bits per heavy atom. The number of hydrogen-bond acceptors (Lipinski definition) is 4. The minimum Gasteiger partial charge on any atom is -0.497 e. The van der Waals surface area contributed by atoms with E-state index in [-0.39, 0.29) is 0 Å². The summed E-state index contributed by atoms with van der Waals surface area (Å²) in [6.45, 7) is 0. The lowest BCUT2D eigenvalue weighted by molar-refractivity contribution is 0.415. The summed E-state index contributed by atoms with van der Waals surface area (Å²) in [4.78, 5) is 5.76. The van der Waals surface area contributed by atoms with Crippen LogP contribution in [-0.2, 0) is 0 Å². The van der Waals surface area contributed by atoms with Gasteiger partial charge in [-0.05, 0) is 48.3 Å². The number of ether oxygens (including phenoxy) is 1. The summed E-state index contributed by atoms with van der Waals surface area (Å²) in [6, 6.07) is 16.0. The molecule has 1 aliphatic heterocycles. The standard InChI is InChI=1S/C14H12N2OS/c1-17-11-8-6-10(7-9-11)14-15-12-4-2-3-5-13(12)18-16-14/h2-9H,1H3,(H,15,16). The molecule has 1 N–H and O–H groups in total. The summed E-state index contributed by atoms with van der Waals surface area (Å²) in [5.41, 5.74) is 2.06. The Hall–Kier alpha value is -1.94. The van der Waals surface area contributed by atoms with Crippen LogP contribution in [0.15, 0.2) is 58.4 Å². The molecule has 0 aromatic heterocycles. The van der Waals surface area contributed by atoms with E-state index in [1.54, 1.807) is 19.1 Å². The maximum absolute atomic E-state index is 5.15. The Bertz CT molecular complexity index is 593. The fourth-order valence-electron chi connectivity index (χ4n) is 1.75. The van der Waals surface area contributed by atoms with Crippen LogP contribution in [0.2, 0.25) is 0 Å². The summed E-state index contributed by atoms with van der Waals surface area (Å²) in [6.07, 6.45) is 0. The highest BCUT2D eigenvalue weighted by atomic mass is 32.2. The normalized spacial score (nSPS) is 13.3. The van der Waals surface area contributed by atoms with Gasteiger partial charge < -0.3 is 9.46 Å². The van der Waals surface area contributed by atoms with Gasteiger partial charge in [0.05, 0.1) is 17.7 Å². The van der Waals surface area contributed by atoms with Crippen LogP contribution in [0.3, 0.4) is 0 Å². The molecule has 4 heteroatoms. The minimum atomic E-state index is 0.850. The van der Waals surface area contributed by atoms with Crippen LogP contribution in [0.1, 0.15) is 5.56 Å². The van der Waals surface area contributed by atoms with Crippen molar-refractivity contribution >= 4 is 23.5 Å². The van der Waals surface area contributed by atoms with Crippen molar-refractivity contribution in [3.05, 3.63) is 54.1 Å². The highest BCUT2D eigenvalue weighted by Gasteiger charge is 2.12. The van der Waals surface area contributed by atoms with E-state index in [2.05, 4.69) is 15.8 Å². The molecular weight excluding hydrogens is 244 g/mol. The smallest absolute Gasteiger partial charge is 0.144 e. The van der Waals surface area contributed by atoms with E-state index in [1.807, 2.05) is 42.5 Å². The van der Waals surface area contributed by atoms with Crippen LogP contribution in [-0.4, -0.2) is 12.9 Å². The molecule has 1 heterocycles. The third kappa shape index (κ3) is 2.07. The van der Waals surface area contributed by atoms with E-state index >= 15 is 0 Å². The second-order valence-corrected chi connectivity index (χ2v) is 4.71. The predicted octanol–water partition coefficient (Wildman–Crippen LogP) is 3.38. The van der Waals surface area contributed by atoms with Crippen molar-refractivity contribution in [2.45, 2.75) is 4.90 Å². The van der Waals surface area contributed by atoms with E-state index in [1.165, 1.54) is 0 Å². The number of methoxy groups -OCH3 is 1. The molecule has 0 atom stereocenters. The maximum Gasteiger partial charge on any atom is 0.144 e. The molecule has 1 aliphatic rings. The summed E-state index contributed by atoms with van der Waals surface area (Å²) in [7, 11) is 1.66. The van der Waals surface area contributed by atoms with Gasteiger partial charge in [0.2, 0.25) is 0 Å². The largest absolute Gasteiger partial charge is 0.497 e. The first-order valence-electron chi connectivity index (χ1n) is 5.62. The topological polar surface area (TPSA) is 33.6 Å². The average Bonchev–Trinajstić information content (AvgIpc) is 2.47.